The summed E-state index contributed by atoms with van der Waals surface area (Å²) >= 11 is 8.53. The number of anilines is 1. The molecule has 1 fully saturated rings. The second kappa shape index (κ2) is 14.7. The average molecular weight is 743 g/mol. The van der Waals surface area contributed by atoms with Crippen LogP contribution in [0.15, 0.2) is 114 Å². The molecule has 6 rings (SSSR count). The number of carboxylic acids is 1. The van der Waals surface area contributed by atoms with E-state index in [2.05, 4.69) is 10.6 Å². The van der Waals surface area contributed by atoms with Crippen molar-refractivity contribution < 1.29 is 29.0 Å². The zero-order valence-corrected chi connectivity index (χ0v) is 30.4. The van der Waals surface area contributed by atoms with Crippen LogP contribution in [0.25, 0.3) is 5.57 Å². The van der Waals surface area contributed by atoms with Crippen molar-refractivity contribution in [2.24, 2.45) is 0 Å². The van der Waals surface area contributed by atoms with E-state index in [-0.39, 0.29) is 22.8 Å². The maximum absolute atomic E-state index is 14.0. The number of fused-ring (bicyclic) bond motifs is 1. The number of nitrogens with zero attached hydrogens (tertiary/aromatic N) is 2. The molecule has 0 saturated carbocycles. The van der Waals surface area contributed by atoms with Crippen LogP contribution in [0.3, 0.4) is 0 Å². The van der Waals surface area contributed by atoms with Gasteiger partial charge in [0.15, 0.2) is 5.13 Å². The van der Waals surface area contributed by atoms with Gasteiger partial charge in [0.1, 0.15) is 28.3 Å². The Morgan fingerprint density at radius 3 is 2.00 bits per heavy atom. The Bertz CT molecular complexity index is 1910. The number of hydrogen-bond donors (Lipinski definition) is 3. The predicted molar refractivity (Wildman–Crippen MR) is 199 cm³/mol. The lowest BCUT2D eigenvalue weighted by atomic mass is 9.77. The Morgan fingerprint density at radius 1 is 0.961 bits per heavy atom. The number of β-lactam (4-membered cyclic amide) rings is 1. The van der Waals surface area contributed by atoms with Crippen LogP contribution >= 0.6 is 34.7 Å². The molecule has 0 aliphatic carbocycles. The molecule has 51 heavy (non-hydrogen) atoms. The first-order valence-corrected chi connectivity index (χ1v) is 18.5. The van der Waals surface area contributed by atoms with Crippen LogP contribution < -0.4 is 10.6 Å². The Balaban J connectivity index is 1.36. The molecule has 4 aromatic rings. The molecule has 0 bridgehead atoms. The number of amides is 2. The number of rotatable bonds is 11. The molecule has 3 N–H and O–H groups in total. The monoisotopic (exact) mass is 742 g/mol. The van der Waals surface area contributed by atoms with Gasteiger partial charge < -0.3 is 20.5 Å². The molecule has 3 aromatic carbocycles. The molecule has 1 saturated heterocycles. The molecule has 262 valence electrons. The summed E-state index contributed by atoms with van der Waals surface area (Å²) in [5.74, 6) is -3.10. The highest BCUT2D eigenvalue weighted by atomic mass is 35.5. The van der Waals surface area contributed by atoms with Gasteiger partial charge in [-0.15, -0.1) is 34.7 Å². The Hall–Kier alpha value is -4.91. The van der Waals surface area contributed by atoms with Gasteiger partial charge in [-0.2, -0.15) is 0 Å². The summed E-state index contributed by atoms with van der Waals surface area (Å²) in [6, 6.07) is 28.8. The number of nitrogens with one attached hydrogen (secondary N) is 2. The highest BCUT2D eigenvalue weighted by Crippen LogP contribution is 2.42. The number of halogens is 1. The third-order valence-electron chi connectivity index (χ3n) is 8.31. The van der Waals surface area contributed by atoms with Gasteiger partial charge in [-0.1, -0.05) is 91.0 Å². The minimum absolute atomic E-state index is 0.0365. The van der Waals surface area contributed by atoms with Crippen molar-refractivity contribution in [3.8, 4) is 0 Å². The van der Waals surface area contributed by atoms with E-state index in [1.807, 2.05) is 91.0 Å². The van der Waals surface area contributed by atoms with Gasteiger partial charge in [0.05, 0.1) is 11.3 Å². The molecule has 2 amide bonds. The number of aromatic nitrogens is 1. The summed E-state index contributed by atoms with van der Waals surface area (Å²) in [6.07, 6.45) is 1.07. The summed E-state index contributed by atoms with van der Waals surface area (Å²) in [6.45, 7) is 5.14. The number of carbonyl (C=O) groups excluding carboxylic acids is 3. The number of ether oxygens (including phenoxy) is 1. The summed E-state index contributed by atoms with van der Waals surface area (Å²) in [5, 5.41) is 17.7. The van der Waals surface area contributed by atoms with Crippen LogP contribution in [-0.4, -0.2) is 67.4 Å². The fourth-order valence-corrected chi connectivity index (χ4v) is 8.55. The van der Waals surface area contributed by atoms with E-state index in [1.165, 1.54) is 23.1 Å². The third kappa shape index (κ3) is 7.30. The van der Waals surface area contributed by atoms with Crippen molar-refractivity contribution in [2.75, 3.05) is 16.9 Å². The van der Waals surface area contributed by atoms with Crippen molar-refractivity contribution in [3.05, 3.63) is 136 Å². The van der Waals surface area contributed by atoms with Gasteiger partial charge in [0.25, 0.3) is 11.8 Å². The van der Waals surface area contributed by atoms with Crippen LogP contribution in [0.2, 0.25) is 0 Å². The van der Waals surface area contributed by atoms with E-state index in [9.17, 15) is 24.3 Å². The molecule has 2 atom stereocenters. The predicted octanol–water partition coefficient (Wildman–Crippen LogP) is 6.25. The Kier molecular flexibility index (Phi) is 10.4. The SMILES string of the molecule is CC(C)(C)OC(=O)/C=C(\C(=O)NC1C(=O)N2C(C(=O)O)=C(CCl)CSC12)c1csc(NC(c2ccccc2)(c2ccccc2)c2ccccc2)n1. The smallest absolute Gasteiger partial charge is 0.352 e. The molecule has 2 unspecified atom stereocenters. The first-order valence-electron chi connectivity index (χ1n) is 16.0. The molecule has 0 spiro atoms. The van der Waals surface area contributed by atoms with Gasteiger partial charge in [-0.25, -0.2) is 14.6 Å². The molecule has 3 heterocycles. The summed E-state index contributed by atoms with van der Waals surface area (Å²) in [4.78, 5) is 58.3. The van der Waals surface area contributed by atoms with Gasteiger partial charge >= 0.3 is 11.9 Å². The number of carbonyl (C=O) groups is 4. The van der Waals surface area contributed by atoms with Gasteiger partial charge in [-0.3, -0.25) is 14.5 Å². The summed E-state index contributed by atoms with van der Waals surface area (Å²) in [7, 11) is 0. The van der Waals surface area contributed by atoms with E-state index < -0.39 is 46.3 Å². The third-order valence-corrected chi connectivity index (χ3v) is 10.7. The molecule has 13 heteroatoms. The normalized spacial score (nSPS) is 17.7. The first-order chi connectivity index (χ1) is 24.4. The quantitative estimate of drug-likeness (QED) is 0.0536. The van der Waals surface area contributed by atoms with E-state index >= 15 is 0 Å². The van der Waals surface area contributed by atoms with E-state index in [1.54, 1.807) is 26.2 Å². The molecular weight excluding hydrogens is 708 g/mol. The number of benzene rings is 3. The highest BCUT2D eigenvalue weighted by molar-refractivity contribution is 8.00. The van der Waals surface area contributed by atoms with Crippen LogP contribution in [-0.2, 0) is 29.5 Å². The maximum atomic E-state index is 14.0. The van der Waals surface area contributed by atoms with Gasteiger partial charge in [-0.05, 0) is 43.0 Å². The van der Waals surface area contributed by atoms with Crippen LogP contribution in [0.5, 0.6) is 0 Å². The molecular formula is C38H35ClN4O6S2. The van der Waals surface area contributed by atoms with E-state index in [0.717, 1.165) is 27.7 Å². The molecule has 1 aromatic heterocycles. The lowest BCUT2D eigenvalue weighted by Crippen LogP contribution is -2.70. The number of thiazole rings is 1. The van der Waals surface area contributed by atoms with Crippen molar-refractivity contribution >= 4 is 69.2 Å². The van der Waals surface area contributed by atoms with Gasteiger partial charge in [0.2, 0.25) is 0 Å². The fraction of sp³-hybridized carbons (Fsp3) is 0.237. The lowest BCUT2D eigenvalue weighted by molar-refractivity contribution is -0.150. The second-order valence-corrected chi connectivity index (χ2v) is 15.1. The number of thioether (sulfide) groups is 1. The van der Waals surface area contributed by atoms with Crippen LogP contribution in [0.1, 0.15) is 43.2 Å². The average Bonchev–Trinajstić information content (AvgIpc) is 3.59. The zero-order valence-electron chi connectivity index (χ0n) is 28.0. The van der Waals surface area contributed by atoms with Crippen molar-refractivity contribution in [3.63, 3.8) is 0 Å². The standard InChI is InChI=1S/C38H35ClN4O6S2/c1-37(2,3)49-29(44)19-27(32(45)41-30-33(46)43-31(35(47)48)23(20-39)21-50-34(30)43)28-22-51-36(40-28)42-38(24-13-7-4-8-14-24,25-15-9-5-10-16-25)26-17-11-6-12-18-26/h4-19,22,30,34H,20-21H2,1-3H3,(H,40,42)(H,41,45)(H,47,48)/b27-19-. The minimum atomic E-state index is -1.26. The lowest BCUT2D eigenvalue weighted by Gasteiger charge is -2.49. The molecule has 10 nitrogen and oxygen atoms in total. The first kappa shape index (κ1) is 35.9. The van der Waals surface area contributed by atoms with Crippen LogP contribution in [0, 0.1) is 0 Å². The van der Waals surface area contributed by atoms with Crippen molar-refractivity contribution in [1.29, 1.82) is 0 Å². The highest BCUT2D eigenvalue weighted by Gasteiger charge is 2.54. The topological polar surface area (TPSA) is 138 Å². The second-order valence-electron chi connectivity index (χ2n) is 12.9. The fourth-order valence-electron chi connectivity index (χ4n) is 6.11. The van der Waals surface area contributed by atoms with Crippen molar-refractivity contribution in [2.45, 2.75) is 43.3 Å². The number of hydrogen-bond acceptors (Lipinski definition) is 9. The van der Waals surface area contributed by atoms with Gasteiger partial charge in [0, 0.05) is 23.1 Å². The maximum Gasteiger partial charge on any atom is 0.352 e. The van der Waals surface area contributed by atoms with E-state index in [0.29, 0.717) is 16.5 Å². The molecule has 2 aliphatic heterocycles. The number of alkyl halides is 1. The summed E-state index contributed by atoms with van der Waals surface area (Å²) < 4.78 is 5.52. The minimum Gasteiger partial charge on any atom is -0.477 e. The number of carboxylic acid groups (broad SMARTS) is 1. The summed E-state index contributed by atoms with van der Waals surface area (Å²) in [5.41, 5.74) is 1.45. The zero-order chi connectivity index (χ0) is 36.3. The van der Waals surface area contributed by atoms with Crippen molar-refractivity contribution in [1.82, 2.24) is 15.2 Å². The Morgan fingerprint density at radius 2 is 1.51 bits per heavy atom. The van der Waals surface area contributed by atoms with Crippen LogP contribution in [0.4, 0.5) is 5.13 Å². The molecule has 0 radical (unpaired) electrons. The number of aliphatic carboxylic acids is 1. The van der Waals surface area contributed by atoms with E-state index in [4.69, 9.17) is 21.3 Å². The number of esters is 1. The largest absolute Gasteiger partial charge is 0.477 e. The Labute approximate surface area is 308 Å². The molecule has 2 aliphatic rings.